The average Bonchev–Trinajstić information content (AvgIpc) is 3.20. The number of nitrogens with one attached hydrogen (secondary N) is 1. The van der Waals surface area contributed by atoms with Crippen LogP contribution in [0, 0.1) is 13.8 Å². The Balaban J connectivity index is 1.65. The molecule has 0 aliphatic rings. The third-order valence-corrected chi connectivity index (χ3v) is 4.85. The van der Waals surface area contributed by atoms with Gasteiger partial charge in [-0.05, 0) is 25.1 Å². The van der Waals surface area contributed by atoms with Crippen molar-refractivity contribution in [1.82, 2.24) is 10.1 Å². The molecule has 26 heavy (non-hydrogen) atoms. The van der Waals surface area contributed by atoms with Gasteiger partial charge >= 0.3 is 5.63 Å². The Hall–Kier alpha value is -3.26. The number of amides is 1. The number of nitrogens with zero attached hydrogens (tertiary/aromatic N) is 2. The van der Waals surface area contributed by atoms with Crippen molar-refractivity contribution in [2.75, 3.05) is 5.32 Å². The van der Waals surface area contributed by atoms with Crippen LogP contribution in [-0.4, -0.2) is 16.0 Å². The molecule has 1 aromatic carbocycles. The number of benzene rings is 1. The lowest BCUT2D eigenvalue weighted by Gasteiger charge is -2.04. The highest BCUT2D eigenvalue weighted by molar-refractivity contribution is 7.16. The molecule has 0 aliphatic carbocycles. The lowest BCUT2D eigenvalue weighted by atomic mass is 10.2. The fourth-order valence-corrected chi connectivity index (χ4v) is 3.43. The number of rotatable bonds is 3. The topological polar surface area (TPSA) is 98.2 Å². The third kappa shape index (κ3) is 2.91. The van der Waals surface area contributed by atoms with E-state index in [4.69, 9.17) is 8.94 Å². The number of carbonyl (C=O) groups is 1. The van der Waals surface area contributed by atoms with E-state index in [0.717, 1.165) is 9.75 Å². The van der Waals surface area contributed by atoms with Crippen molar-refractivity contribution in [1.29, 1.82) is 0 Å². The molecular formula is C18H13N3O4S. The summed E-state index contributed by atoms with van der Waals surface area (Å²) in [5, 5.41) is 7.31. The van der Waals surface area contributed by atoms with Crippen molar-refractivity contribution < 1.29 is 13.7 Å². The van der Waals surface area contributed by atoms with Crippen molar-refractivity contribution in [2.24, 2.45) is 0 Å². The number of thiophene rings is 1. The quantitative estimate of drug-likeness (QED) is 0.554. The fourth-order valence-electron chi connectivity index (χ4n) is 2.53. The Kier molecular flexibility index (Phi) is 3.89. The Morgan fingerprint density at radius 1 is 1.19 bits per heavy atom. The molecule has 3 heterocycles. The smallest absolute Gasteiger partial charge is 0.349 e. The monoisotopic (exact) mass is 367 g/mol. The van der Waals surface area contributed by atoms with Gasteiger partial charge in [-0.3, -0.25) is 4.79 Å². The molecular weight excluding hydrogens is 354 g/mol. The first-order valence-corrected chi connectivity index (χ1v) is 8.58. The minimum Gasteiger partial charge on any atom is -0.422 e. The van der Waals surface area contributed by atoms with Gasteiger partial charge in [0.05, 0.1) is 10.6 Å². The summed E-state index contributed by atoms with van der Waals surface area (Å²) < 4.78 is 10.2. The molecule has 0 bridgehead atoms. The van der Waals surface area contributed by atoms with Gasteiger partial charge in [0.2, 0.25) is 11.7 Å². The fraction of sp³-hybridized carbons (Fsp3) is 0.111. The molecule has 8 heteroatoms. The SMILES string of the molecule is Cc1nc(-c2cc(NC(=O)c3cc4ccccc4oc3=O)c(C)s2)no1. The first kappa shape index (κ1) is 16.2. The molecule has 0 fully saturated rings. The van der Waals surface area contributed by atoms with Gasteiger partial charge in [-0.1, -0.05) is 23.4 Å². The molecule has 0 radical (unpaired) electrons. The zero-order valence-corrected chi connectivity index (χ0v) is 14.7. The summed E-state index contributed by atoms with van der Waals surface area (Å²) >= 11 is 1.42. The van der Waals surface area contributed by atoms with Crippen LogP contribution < -0.4 is 10.9 Å². The number of hydrogen-bond acceptors (Lipinski definition) is 7. The molecule has 1 N–H and O–H groups in total. The average molecular weight is 367 g/mol. The summed E-state index contributed by atoms with van der Waals surface area (Å²) in [5.41, 5.74) is 0.301. The normalized spacial score (nSPS) is 11.0. The van der Waals surface area contributed by atoms with Crippen LogP contribution in [0.1, 0.15) is 21.1 Å². The molecule has 130 valence electrons. The van der Waals surface area contributed by atoms with E-state index in [1.54, 1.807) is 31.2 Å². The summed E-state index contributed by atoms with van der Waals surface area (Å²) in [4.78, 5) is 30.5. The van der Waals surface area contributed by atoms with Gasteiger partial charge < -0.3 is 14.3 Å². The highest BCUT2D eigenvalue weighted by atomic mass is 32.1. The predicted molar refractivity (Wildman–Crippen MR) is 97.5 cm³/mol. The van der Waals surface area contributed by atoms with Crippen molar-refractivity contribution in [3.05, 3.63) is 63.1 Å². The first-order chi connectivity index (χ1) is 12.5. The van der Waals surface area contributed by atoms with Gasteiger partial charge in [0.1, 0.15) is 11.1 Å². The summed E-state index contributed by atoms with van der Waals surface area (Å²) in [5.74, 6) is 0.396. The van der Waals surface area contributed by atoms with Crippen LogP contribution in [0.3, 0.4) is 0 Å². The van der Waals surface area contributed by atoms with Crippen molar-refractivity contribution in [3.8, 4) is 10.7 Å². The minimum absolute atomic E-state index is 0.0498. The van der Waals surface area contributed by atoms with Crippen LogP contribution in [0.2, 0.25) is 0 Å². The Labute approximate surface area is 151 Å². The Morgan fingerprint density at radius 3 is 2.77 bits per heavy atom. The zero-order valence-electron chi connectivity index (χ0n) is 13.9. The Morgan fingerprint density at radius 2 is 2.00 bits per heavy atom. The molecule has 4 aromatic rings. The number of anilines is 1. The van der Waals surface area contributed by atoms with E-state index >= 15 is 0 Å². The summed E-state index contributed by atoms with van der Waals surface area (Å²) in [6.45, 7) is 3.57. The summed E-state index contributed by atoms with van der Waals surface area (Å²) in [6.07, 6.45) is 0. The second kappa shape index (κ2) is 6.23. The third-order valence-electron chi connectivity index (χ3n) is 3.80. The lowest BCUT2D eigenvalue weighted by molar-refractivity contribution is 0.102. The van der Waals surface area contributed by atoms with Gasteiger partial charge in [0.25, 0.3) is 5.91 Å². The number of para-hydroxylation sites is 1. The van der Waals surface area contributed by atoms with Gasteiger partial charge in [-0.15, -0.1) is 11.3 Å². The largest absolute Gasteiger partial charge is 0.422 e. The molecule has 0 aliphatic heterocycles. The second-order valence-electron chi connectivity index (χ2n) is 5.66. The maximum Gasteiger partial charge on any atom is 0.349 e. The molecule has 1 amide bonds. The molecule has 0 atom stereocenters. The number of aryl methyl sites for hydroxylation is 2. The molecule has 0 unspecified atom stereocenters. The maximum atomic E-state index is 12.6. The maximum absolute atomic E-state index is 12.6. The Bertz CT molecular complexity index is 1190. The summed E-state index contributed by atoms with van der Waals surface area (Å²) in [6, 6.07) is 10.3. The number of carbonyl (C=O) groups excluding carboxylic acids is 1. The highest BCUT2D eigenvalue weighted by Crippen LogP contribution is 2.32. The van der Waals surface area contributed by atoms with E-state index in [1.165, 1.54) is 17.4 Å². The molecule has 4 rings (SSSR count). The van der Waals surface area contributed by atoms with Crippen molar-refractivity contribution in [3.63, 3.8) is 0 Å². The molecule has 0 spiro atoms. The van der Waals surface area contributed by atoms with Crippen LogP contribution in [0.4, 0.5) is 5.69 Å². The first-order valence-electron chi connectivity index (χ1n) is 7.76. The van der Waals surface area contributed by atoms with E-state index < -0.39 is 11.5 Å². The molecule has 0 saturated heterocycles. The number of hydrogen-bond donors (Lipinski definition) is 1. The van der Waals surface area contributed by atoms with Gasteiger partial charge in [-0.25, -0.2) is 4.79 Å². The van der Waals surface area contributed by atoms with E-state index in [9.17, 15) is 9.59 Å². The van der Waals surface area contributed by atoms with Gasteiger partial charge in [0, 0.05) is 17.2 Å². The van der Waals surface area contributed by atoms with Gasteiger partial charge in [0.15, 0.2) is 0 Å². The molecule has 0 saturated carbocycles. The second-order valence-corrected chi connectivity index (χ2v) is 6.91. The van der Waals surface area contributed by atoms with E-state index in [-0.39, 0.29) is 5.56 Å². The van der Waals surface area contributed by atoms with Crippen LogP contribution in [0.15, 0.2) is 50.1 Å². The lowest BCUT2D eigenvalue weighted by Crippen LogP contribution is -2.20. The zero-order chi connectivity index (χ0) is 18.3. The van der Waals surface area contributed by atoms with Crippen molar-refractivity contribution >= 4 is 33.9 Å². The minimum atomic E-state index is -0.678. The summed E-state index contributed by atoms with van der Waals surface area (Å²) in [7, 11) is 0. The van der Waals surface area contributed by atoms with Crippen LogP contribution in [-0.2, 0) is 0 Å². The van der Waals surface area contributed by atoms with Crippen LogP contribution in [0.5, 0.6) is 0 Å². The standard InChI is InChI=1S/C18H13N3O4S/c1-9-13(8-15(26-9)16-19-10(2)25-21-16)20-17(22)12-7-11-5-3-4-6-14(11)24-18(12)23/h3-8H,1-2H3,(H,20,22). The number of aromatic nitrogens is 2. The number of fused-ring (bicyclic) bond motifs is 1. The predicted octanol–water partition coefficient (Wildman–Crippen LogP) is 3.77. The van der Waals surface area contributed by atoms with Crippen LogP contribution in [0.25, 0.3) is 21.7 Å². The van der Waals surface area contributed by atoms with Gasteiger partial charge in [-0.2, -0.15) is 4.98 Å². The highest BCUT2D eigenvalue weighted by Gasteiger charge is 2.17. The van der Waals surface area contributed by atoms with E-state index in [1.807, 2.05) is 13.0 Å². The van der Waals surface area contributed by atoms with E-state index in [0.29, 0.717) is 28.4 Å². The molecule has 3 aromatic heterocycles. The van der Waals surface area contributed by atoms with Crippen LogP contribution >= 0.6 is 11.3 Å². The van der Waals surface area contributed by atoms with E-state index in [2.05, 4.69) is 15.5 Å². The molecule has 7 nitrogen and oxygen atoms in total. The van der Waals surface area contributed by atoms with Crippen molar-refractivity contribution in [2.45, 2.75) is 13.8 Å².